The number of aromatic hydroxyl groups is 1. The zero-order valence-corrected chi connectivity index (χ0v) is 25.3. The number of fused-ring (bicyclic) bond motifs is 2. The van der Waals surface area contributed by atoms with Crippen LogP contribution in [0.25, 0.3) is 16.8 Å². The molecule has 44 heavy (non-hydrogen) atoms. The van der Waals surface area contributed by atoms with E-state index in [4.69, 9.17) is 14.7 Å². The Morgan fingerprint density at radius 2 is 2.02 bits per heavy atom. The highest BCUT2D eigenvalue weighted by molar-refractivity contribution is 6.01. The summed E-state index contributed by atoms with van der Waals surface area (Å²) in [6, 6.07) is 12.3. The lowest BCUT2D eigenvalue weighted by Crippen LogP contribution is -2.55. The highest BCUT2D eigenvalue weighted by atomic mass is 16.5. The van der Waals surface area contributed by atoms with E-state index in [1.807, 2.05) is 30.3 Å². The van der Waals surface area contributed by atoms with Crippen LogP contribution in [-0.4, -0.2) is 89.2 Å². The van der Waals surface area contributed by atoms with Gasteiger partial charge in [-0.05, 0) is 55.9 Å². The molecule has 2 atom stereocenters. The van der Waals surface area contributed by atoms with Gasteiger partial charge in [0.15, 0.2) is 0 Å². The van der Waals surface area contributed by atoms with Crippen molar-refractivity contribution < 1.29 is 14.6 Å². The number of likely N-dealkylation sites (N-methyl/N-ethyl adjacent to an activating group) is 1. The zero-order chi connectivity index (χ0) is 30.8. The van der Waals surface area contributed by atoms with Crippen molar-refractivity contribution in [1.82, 2.24) is 19.8 Å². The number of nitriles is 1. The number of piperazine rings is 1. The van der Waals surface area contributed by atoms with Crippen LogP contribution in [0.1, 0.15) is 36.1 Å². The number of hydrogen-bond donors (Lipinski definition) is 1. The Balaban J connectivity index is 1.36. The lowest BCUT2D eigenvalue weighted by molar-refractivity contribution is -0.128. The molecule has 4 heterocycles. The van der Waals surface area contributed by atoms with Gasteiger partial charge in [0.1, 0.15) is 18.2 Å². The van der Waals surface area contributed by atoms with Crippen molar-refractivity contribution in [3.8, 4) is 17.8 Å². The smallest absolute Gasteiger partial charge is 0.318 e. The number of likely N-dealkylation sites (tertiary alicyclic amines) is 1. The average molecular weight is 594 g/mol. The molecule has 2 fully saturated rings. The van der Waals surface area contributed by atoms with E-state index in [1.54, 1.807) is 11.0 Å². The number of nitrogens with zero attached hydrogens (tertiary/aromatic N) is 7. The van der Waals surface area contributed by atoms with E-state index in [9.17, 15) is 15.2 Å². The maximum Gasteiger partial charge on any atom is 0.318 e. The summed E-state index contributed by atoms with van der Waals surface area (Å²) in [7, 11) is 2.12. The van der Waals surface area contributed by atoms with Gasteiger partial charge < -0.3 is 29.4 Å². The van der Waals surface area contributed by atoms with Gasteiger partial charge in [-0.3, -0.25) is 4.79 Å². The molecule has 2 aromatic carbocycles. The summed E-state index contributed by atoms with van der Waals surface area (Å²) in [5, 5.41) is 22.2. The molecule has 1 N–H and O–H groups in total. The van der Waals surface area contributed by atoms with Gasteiger partial charge in [0.05, 0.1) is 30.8 Å². The molecule has 0 aliphatic carbocycles. The molecule has 6 rings (SSSR count). The number of rotatable bonds is 8. The minimum absolute atomic E-state index is 0.160. The Morgan fingerprint density at radius 1 is 1.16 bits per heavy atom. The standard InChI is InChI=1S/C34H39N7O3/c1-4-23-8-6-9-24-18-27(42)19-30(32(23)24)39-15-12-28-29(21-39)36-34(44-22-26-10-7-14-38(26)3)37-33(28)40-16-17-41(31(43)5-2)25(20-40)11-13-35/h4-6,8-9,18-19,25-26,42H,1-2,7,10-12,14-17,20-22H2,3H3/t25-,26-/m0/s1. The van der Waals surface area contributed by atoms with Crippen LogP contribution >= 0.6 is 0 Å². The molecule has 3 aromatic rings. The van der Waals surface area contributed by atoms with E-state index in [0.717, 1.165) is 58.5 Å². The minimum Gasteiger partial charge on any atom is -0.508 e. The summed E-state index contributed by atoms with van der Waals surface area (Å²) < 4.78 is 6.28. The first-order valence-electron chi connectivity index (χ1n) is 15.3. The van der Waals surface area contributed by atoms with Gasteiger partial charge in [-0.1, -0.05) is 37.4 Å². The number of carbonyl (C=O) groups excluding carboxylic acids is 1. The second kappa shape index (κ2) is 12.5. The van der Waals surface area contributed by atoms with Crippen LogP contribution in [0.2, 0.25) is 0 Å². The molecular weight excluding hydrogens is 554 g/mol. The highest BCUT2D eigenvalue weighted by Crippen LogP contribution is 2.38. The molecule has 3 aliphatic heterocycles. The molecule has 0 radical (unpaired) electrons. The topological polar surface area (TPSA) is 109 Å². The summed E-state index contributed by atoms with van der Waals surface area (Å²) >= 11 is 0. The number of aromatic nitrogens is 2. The van der Waals surface area contributed by atoms with E-state index >= 15 is 0 Å². The van der Waals surface area contributed by atoms with Crippen LogP contribution in [-0.2, 0) is 17.8 Å². The van der Waals surface area contributed by atoms with Crippen LogP contribution in [0, 0.1) is 11.3 Å². The largest absolute Gasteiger partial charge is 0.508 e. The first-order valence-corrected chi connectivity index (χ1v) is 15.3. The van der Waals surface area contributed by atoms with Gasteiger partial charge in [0, 0.05) is 54.9 Å². The minimum atomic E-state index is -0.266. The second-order valence-corrected chi connectivity index (χ2v) is 11.8. The van der Waals surface area contributed by atoms with Crippen LogP contribution in [0.4, 0.5) is 11.5 Å². The number of benzene rings is 2. The Bertz CT molecular complexity index is 1630. The maximum atomic E-state index is 12.6. The molecule has 10 heteroatoms. The lowest BCUT2D eigenvalue weighted by atomic mass is 9.98. The fourth-order valence-corrected chi connectivity index (χ4v) is 6.85. The predicted octanol–water partition coefficient (Wildman–Crippen LogP) is 4.13. The molecule has 1 aromatic heterocycles. The Hall–Kier alpha value is -4.62. The maximum absolute atomic E-state index is 12.6. The van der Waals surface area contributed by atoms with Crippen molar-refractivity contribution in [2.24, 2.45) is 0 Å². The van der Waals surface area contributed by atoms with Gasteiger partial charge in [-0.15, -0.1) is 0 Å². The SMILES string of the molecule is C=CC(=O)N1CCN(c2nc(OC[C@@H]3CCCN3C)nc3c2CCN(c2cc(O)cc4cccc(C=C)c24)C3)C[C@@H]1CC#N. The molecule has 10 nitrogen and oxygen atoms in total. The van der Waals surface area contributed by atoms with Gasteiger partial charge in [-0.2, -0.15) is 15.2 Å². The Kier molecular flexibility index (Phi) is 8.40. The molecule has 1 amide bonds. The number of phenols is 1. The first kappa shape index (κ1) is 29.5. The van der Waals surface area contributed by atoms with Crippen LogP contribution in [0.3, 0.4) is 0 Å². The lowest BCUT2D eigenvalue weighted by Gasteiger charge is -2.42. The number of carbonyl (C=O) groups is 1. The van der Waals surface area contributed by atoms with E-state index < -0.39 is 0 Å². The molecule has 0 bridgehead atoms. The summed E-state index contributed by atoms with van der Waals surface area (Å²) in [6.07, 6.45) is 6.31. The Labute approximate surface area is 258 Å². The van der Waals surface area contributed by atoms with Crippen LogP contribution in [0.15, 0.2) is 49.6 Å². The van der Waals surface area contributed by atoms with E-state index in [0.29, 0.717) is 57.8 Å². The van der Waals surface area contributed by atoms with E-state index in [-0.39, 0.29) is 24.1 Å². The Morgan fingerprint density at radius 3 is 2.77 bits per heavy atom. The fraction of sp³-hybridized carbons (Fsp3) is 0.412. The quantitative estimate of drug-likeness (QED) is 0.386. The third kappa shape index (κ3) is 5.67. The summed E-state index contributed by atoms with van der Waals surface area (Å²) in [4.78, 5) is 31.0. The number of ether oxygens (including phenoxy) is 1. The van der Waals surface area contributed by atoms with Gasteiger partial charge in [0.25, 0.3) is 0 Å². The van der Waals surface area contributed by atoms with E-state index in [2.05, 4.69) is 41.0 Å². The van der Waals surface area contributed by atoms with Crippen molar-refractivity contribution in [3.63, 3.8) is 0 Å². The van der Waals surface area contributed by atoms with Crippen molar-refractivity contribution in [3.05, 3.63) is 66.4 Å². The van der Waals surface area contributed by atoms with Crippen molar-refractivity contribution in [1.29, 1.82) is 5.26 Å². The molecule has 2 saturated heterocycles. The first-order chi connectivity index (χ1) is 21.4. The number of phenolic OH excluding ortho intramolecular Hbond substituents is 1. The molecular formula is C34H39N7O3. The van der Waals surface area contributed by atoms with Crippen LogP contribution in [0.5, 0.6) is 11.8 Å². The number of hydrogen-bond acceptors (Lipinski definition) is 9. The molecule has 0 unspecified atom stereocenters. The predicted molar refractivity (Wildman–Crippen MR) is 172 cm³/mol. The molecule has 0 saturated carbocycles. The van der Waals surface area contributed by atoms with Crippen LogP contribution < -0.4 is 14.5 Å². The van der Waals surface area contributed by atoms with Gasteiger partial charge in [0.2, 0.25) is 5.91 Å². The van der Waals surface area contributed by atoms with Gasteiger partial charge in [-0.25, -0.2) is 0 Å². The third-order valence-corrected chi connectivity index (χ3v) is 9.20. The number of anilines is 2. The second-order valence-electron chi connectivity index (χ2n) is 11.8. The van der Waals surface area contributed by atoms with Gasteiger partial charge >= 0.3 is 6.01 Å². The highest BCUT2D eigenvalue weighted by Gasteiger charge is 2.34. The number of amides is 1. The fourth-order valence-electron chi connectivity index (χ4n) is 6.85. The van der Waals surface area contributed by atoms with Crippen molar-refractivity contribution in [2.75, 3.05) is 56.2 Å². The monoisotopic (exact) mass is 593 g/mol. The molecule has 0 spiro atoms. The molecule has 228 valence electrons. The van der Waals surface area contributed by atoms with E-state index in [1.165, 1.54) is 6.08 Å². The summed E-state index contributed by atoms with van der Waals surface area (Å²) in [6.45, 7) is 12.0. The summed E-state index contributed by atoms with van der Waals surface area (Å²) in [5.74, 6) is 0.862. The van der Waals surface area contributed by atoms with Crippen molar-refractivity contribution in [2.45, 2.75) is 44.3 Å². The average Bonchev–Trinajstić information content (AvgIpc) is 3.46. The zero-order valence-electron chi connectivity index (χ0n) is 25.3. The van der Waals surface area contributed by atoms with Crippen molar-refractivity contribution >= 4 is 34.3 Å². The normalized spacial score (nSPS) is 20.3. The third-order valence-electron chi connectivity index (χ3n) is 9.20. The summed E-state index contributed by atoms with van der Waals surface area (Å²) in [5.41, 5.74) is 3.87. The molecule has 3 aliphatic rings.